The van der Waals surface area contributed by atoms with Gasteiger partial charge in [0.15, 0.2) is 6.61 Å². The van der Waals surface area contributed by atoms with E-state index in [4.69, 9.17) is 14.8 Å². The van der Waals surface area contributed by atoms with Gasteiger partial charge in [0.1, 0.15) is 16.6 Å². The number of benzene rings is 1. The quantitative estimate of drug-likeness (QED) is 0.482. The Morgan fingerprint density at radius 1 is 1.11 bits per heavy atom. The van der Waals surface area contributed by atoms with Crippen LogP contribution in [0.25, 0.3) is 0 Å². The number of halogens is 3. The fourth-order valence-corrected chi connectivity index (χ4v) is 6.75. The topological polar surface area (TPSA) is 68.1 Å². The number of alkyl halides is 3. The van der Waals surface area contributed by atoms with Crippen molar-refractivity contribution >= 4 is 22.5 Å². The summed E-state index contributed by atoms with van der Waals surface area (Å²) in [6.45, 7) is 3.62. The third-order valence-electron chi connectivity index (χ3n) is 7.62. The Labute approximate surface area is 211 Å². The predicted molar refractivity (Wildman–Crippen MR) is 132 cm³/mol. The zero-order chi connectivity index (χ0) is 24.9. The number of fused-ring (bicyclic) bond motifs is 3. The average molecular weight is 519 g/mol. The number of nitrogens with one attached hydrogen (secondary N) is 1. The lowest BCUT2D eigenvalue weighted by Gasteiger charge is -2.38. The first-order valence-corrected chi connectivity index (χ1v) is 13.3. The van der Waals surface area contributed by atoms with Crippen molar-refractivity contribution in [2.75, 3.05) is 29.9 Å². The fraction of sp³-hybridized carbons (Fsp3) is 0.560. The van der Waals surface area contributed by atoms with E-state index in [1.165, 1.54) is 17.8 Å². The summed E-state index contributed by atoms with van der Waals surface area (Å²) in [5, 5.41) is 9.74. The van der Waals surface area contributed by atoms with E-state index >= 15 is 0 Å². The van der Waals surface area contributed by atoms with Crippen molar-refractivity contribution in [3.05, 3.63) is 47.4 Å². The predicted octanol–water partition coefficient (Wildman–Crippen LogP) is 5.24. The molecule has 2 bridgehead atoms. The molecular weight excluding hydrogens is 489 g/mol. The van der Waals surface area contributed by atoms with Gasteiger partial charge in [-0.3, -0.25) is 0 Å². The molecule has 4 heterocycles. The Bertz CT molecular complexity index is 1200. The summed E-state index contributed by atoms with van der Waals surface area (Å²) >= 11 is 1.58. The number of aromatic nitrogens is 4. The van der Waals surface area contributed by atoms with Gasteiger partial charge in [-0.1, -0.05) is 12.1 Å². The van der Waals surface area contributed by atoms with Crippen LogP contribution in [0.1, 0.15) is 48.7 Å². The van der Waals surface area contributed by atoms with Crippen LogP contribution in [0.4, 0.5) is 24.1 Å². The summed E-state index contributed by atoms with van der Waals surface area (Å²) in [5.41, 5.74) is 2.09. The minimum atomic E-state index is -4.35. The lowest BCUT2D eigenvalue weighted by Crippen LogP contribution is -2.48. The lowest BCUT2D eigenvalue weighted by atomic mass is 9.91. The Morgan fingerprint density at radius 3 is 2.53 bits per heavy atom. The van der Waals surface area contributed by atoms with Crippen molar-refractivity contribution < 1.29 is 17.9 Å². The number of ether oxygens (including phenoxy) is 1. The van der Waals surface area contributed by atoms with Crippen LogP contribution in [0.2, 0.25) is 0 Å². The lowest BCUT2D eigenvalue weighted by molar-refractivity contribution is -0.153. The maximum absolute atomic E-state index is 12.4. The van der Waals surface area contributed by atoms with E-state index in [2.05, 4.69) is 20.7 Å². The highest BCUT2D eigenvalue weighted by molar-refractivity contribution is 7.10. The summed E-state index contributed by atoms with van der Waals surface area (Å²) in [6.07, 6.45) is -0.0349. The van der Waals surface area contributed by atoms with Crippen LogP contribution in [-0.2, 0) is 6.54 Å². The second kappa shape index (κ2) is 9.24. The second-order valence-corrected chi connectivity index (χ2v) is 10.9. The maximum atomic E-state index is 12.4. The number of hydrogen-bond acceptors (Lipinski definition) is 7. The molecule has 2 aliphatic heterocycles. The number of rotatable bonds is 6. The van der Waals surface area contributed by atoms with Gasteiger partial charge in [-0.05, 0) is 79.7 Å². The molecule has 0 amide bonds. The molecule has 1 saturated carbocycles. The molecule has 2 fully saturated rings. The molecule has 1 aromatic carbocycles. The van der Waals surface area contributed by atoms with Crippen LogP contribution in [0, 0.1) is 18.8 Å². The molecule has 2 aromatic heterocycles. The third kappa shape index (κ3) is 4.77. The zero-order valence-corrected chi connectivity index (χ0v) is 20.9. The van der Waals surface area contributed by atoms with Crippen molar-refractivity contribution in [1.82, 2.24) is 19.1 Å². The minimum absolute atomic E-state index is 0.0617. The molecule has 192 valence electrons. The molecule has 1 saturated heterocycles. The summed E-state index contributed by atoms with van der Waals surface area (Å²) in [5.74, 6) is 2.97. The highest BCUT2D eigenvalue weighted by Gasteiger charge is 2.43. The van der Waals surface area contributed by atoms with Crippen LogP contribution >= 0.6 is 11.5 Å². The summed E-state index contributed by atoms with van der Waals surface area (Å²) < 4.78 is 48.6. The Balaban J connectivity index is 1.14. The van der Waals surface area contributed by atoms with Crippen molar-refractivity contribution in [3.63, 3.8) is 0 Å². The molecule has 0 spiro atoms. The van der Waals surface area contributed by atoms with Gasteiger partial charge < -0.3 is 15.0 Å². The van der Waals surface area contributed by atoms with E-state index in [9.17, 15) is 13.2 Å². The Kier molecular flexibility index (Phi) is 6.05. The van der Waals surface area contributed by atoms with E-state index in [0.717, 1.165) is 49.6 Å². The van der Waals surface area contributed by atoms with Crippen molar-refractivity contribution in [3.8, 4) is 5.75 Å². The molecule has 3 aliphatic rings. The van der Waals surface area contributed by atoms with E-state index in [0.29, 0.717) is 23.8 Å². The molecular formula is C25H29F3N6OS. The number of piperidine rings is 1. The maximum Gasteiger partial charge on any atom is 0.422 e. The van der Waals surface area contributed by atoms with E-state index in [1.54, 1.807) is 23.7 Å². The molecule has 36 heavy (non-hydrogen) atoms. The fourth-order valence-electron chi connectivity index (χ4n) is 5.98. The van der Waals surface area contributed by atoms with Crippen molar-refractivity contribution in [2.45, 2.75) is 57.3 Å². The third-order valence-corrected chi connectivity index (χ3v) is 8.56. The first kappa shape index (κ1) is 23.6. The van der Waals surface area contributed by atoms with Gasteiger partial charge in [-0.2, -0.15) is 22.5 Å². The van der Waals surface area contributed by atoms with Gasteiger partial charge in [0, 0.05) is 31.6 Å². The molecule has 1 aliphatic carbocycles. The van der Waals surface area contributed by atoms with Crippen LogP contribution in [0.5, 0.6) is 5.75 Å². The summed E-state index contributed by atoms with van der Waals surface area (Å²) in [4.78, 5) is 7.39. The summed E-state index contributed by atoms with van der Waals surface area (Å²) in [6, 6.07) is 9.42. The molecule has 7 nitrogen and oxygen atoms in total. The molecule has 6 rings (SSSR count). The Morgan fingerprint density at radius 2 is 1.86 bits per heavy atom. The Hall–Kier alpha value is -2.82. The number of aryl methyl sites for hydroxylation is 2. The smallest absolute Gasteiger partial charge is 0.422 e. The van der Waals surface area contributed by atoms with E-state index in [-0.39, 0.29) is 11.7 Å². The van der Waals surface area contributed by atoms with E-state index in [1.807, 2.05) is 23.7 Å². The molecule has 11 heteroatoms. The largest absolute Gasteiger partial charge is 0.484 e. The molecule has 3 aromatic rings. The molecule has 4 atom stereocenters. The van der Waals surface area contributed by atoms with Crippen LogP contribution in [0.3, 0.4) is 0 Å². The van der Waals surface area contributed by atoms with Gasteiger partial charge >= 0.3 is 6.18 Å². The van der Waals surface area contributed by atoms with Gasteiger partial charge in [0.2, 0.25) is 5.95 Å². The molecule has 1 unspecified atom stereocenters. The molecule has 0 radical (unpaired) electrons. The normalized spacial score (nSPS) is 25.6. The van der Waals surface area contributed by atoms with Crippen LogP contribution in [-0.4, -0.2) is 51.1 Å². The van der Waals surface area contributed by atoms with Crippen LogP contribution in [0.15, 0.2) is 30.3 Å². The summed E-state index contributed by atoms with van der Waals surface area (Å²) in [7, 11) is 0. The zero-order valence-electron chi connectivity index (χ0n) is 20.0. The van der Waals surface area contributed by atoms with E-state index < -0.39 is 12.8 Å². The van der Waals surface area contributed by atoms with Crippen molar-refractivity contribution in [1.29, 1.82) is 0 Å². The van der Waals surface area contributed by atoms with Gasteiger partial charge in [0.05, 0.1) is 5.69 Å². The van der Waals surface area contributed by atoms with Gasteiger partial charge in [0.25, 0.3) is 0 Å². The second-order valence-electron chi connectivity index (χ2n) is 10.2. The first-order valence-electron chi connectivity index (χ1n) is 12.5. The van der Waals surface area contributed by atoms with Gasteiger partial charge in [-0.25, -0.2) is 4.68 Å². The van der Waals surface area contributed by atoms with Gasteiger partial charge in [-0.15, -0.1) is 5.10 Å². The molecule has 1 N–H and O–H groups in total. The minimum Gasteiger partial charge on any atom is -0.484 e. The highest BCUT2D eigenvalue weighted by atomic mass is 32.1. The highest BCUT2D eigenvalue weighted by Crippen LogP contribution is 2.41. The van der Waals surface area contributed by atoms with Crippen LogP contribution < -0.4 is 15.0 Å². The SMILES string of the molecule is Cc1cc(N2C[C@H]3CC[C@@H](C2)[C@@H]3Nc2nc3n(n2)CCCC3c2ccc(OCC(F)(F)F)cc2)sn1. The number of hydrogen-bond donors (Lipinski definition) is 1. The number of anilines is 2. The average Bonchev–Trinajstić information content (AvgIpc) is 3.53. The standard InChI is InChI=1S/C25H29F3N6OS/c1-15-11-21(36-32-15)33-12-17-4-5-18(13-33)22(17)29-24-30-23-20(3-2-10-34(23)31-24)16-6-8-19(9-7-16)35-14-25(26,27)28/h6-9,11,17-18,20,22H,2-5,10,12-14H2,1H3,(H,29,31)/t17-,18+,20?,22-. The first-order chi connectivity index (χ1) is 17.3. The monoisotopic (exact) mass is 518 g/mol. The van der Waals surface area contributed by atoms with Crippen molar-refractivity contribution in [2.24, 2.45) is 11.8 Å². The number of nitrogens with zero attached hydrogens (tertiary/aromatic N) is 5.